The Morgan fingerprint density at radius 2 is 1.81 bits per heavy atom. The van der Waals surface area contributed by atoms with Crippen molar-refractivity contribution < 1.29 is 27.9 Å². The highest BCUT2D eigenvalue weighted by atomic mass is 19.4. The Hall–Kier alpha value is -1.75. The van der Waals surface area contributed by atoms with Crippen LogP contribution < -0.4 is 5.73 Å². The summed E-state index contributed by atoms with van der Waals surface area (Å²) in [5.74, 6) is -0.991. The van der Waals surface area contributed by atoms with E-state index in [1.165, 1.54) is 0 Å². The summed E-state index contributed by atoms with van der Waals surface area (Å²) in [5.41, 5.74) is 5.40. The van der Waals surface area contributed by atoms with Crippen LogP contribution in [-0.2, 0) is 9.59 Å². The van der Waals surface area contributed by atoms with E-state index in [1.54, 1.807) is 4.90 Å². The second kappa shape index (κ2) is 5.37. The molecule has 0 unspecified atom stereocenters. The first-order chi connectivity index (χ1) is 7.18. The second-order valence-electron chi connectivity index (χ2n) is 2.92. The molecule has 0 aliphatic carbocycles. The minimum absolute atomic E-state index is 0.141. The fraction of sp³-hybridized carbons (Fsp3) is 0.500. The minimum Gasteiger partial charge on any atom is -0.475 e. The van der Waals surface area contributed by atoms with Gasteiger partial charge in [-0.15, -0.1) is 6.42 Å². The average molecular weight is 238 g/mol. The average Bonchev–Trinajstić information content (AvgIpc) is 2.11. The Labute approximate surface area is 89.0 Å². The molecule has 0 bridgehead atoms. The van der Waals surface area contributed by atoms with Crippen molar-refractivity contribution in [2.45, 2.75) is 12.2 Å². The number of carbonyl (C=O) groups is 2. The maximum absolute atomic E-state index is 10.6. The van der Waals surface area contributed by atoms with Gasteiger partial charge < -0.3 is 15.7 Å². The lowest BCUT2D eigenvalue weighted by Gasteiger charge is -2.35. The quantitative estimate of drug-likeness (QED) is 0.553. The third kappa shape index (κ3) is 4.65. The maximum atomic E-state index is 10.6. The normalized spacial score (nSPS) is 15.3. The molecular weight excluding hydrogens is 229 g/mol. The van der Waals surface area contributed by atoms with E-state index < -0.39 is 12.1 Å². The van der Waals surface area contributed by atoms with E-state index in [2.05, 4.69) is 0 Å². The lowest BCUT2D eigenvalue weighted by Crippen LogP contribution is -2.57. The number of carboxylic acids is 1. The number of carbonyl (C=O) groups excluding carboxylic acids is 1. The van der Waals surface area contributed by atoms with Crippen molar-refractivity contribution >= 4 is 11.9 Å². The van der Waals surface area contributed by atoms with E-state index in [0.29, 0.717) is 13.1 Å². The van der Waals surface area contributed by atoms with Crippen LogP contribution in [0.15, 0.2) is 0 Å². The molecule has 90 valence electrons. The number of hydrogen-bond acceptors (Lipinski definition) is 3. The molecule has 1 saturated heterocycles. The molecule has 0 aromatic heterocycles. The first kappa shape index (κ1) is 14.2. The van der Waals surface area contributed by atoms with Gasteiger partial charge in [0.2, 0.25) is 0 Å². The van der Waals surface area contributed by atoms with Gasteiger partial charge in [0, 0.05) is 19.1 Å². The third-order valence-electron chi connectivity index (χ3n) is 1.56. The van der Waals surface area contributed by atoms with Crippen molar-refractivity contribution in [1.29, 1.82) is 0 Å². The molecule has 0 spiro atoms. The molecule has 0 aromatic carbocycles. The largest absolute Gasteiger partial charge is 0.490 e. The van der Waals surface area contributed by atoms with Crippen LogP contribution in [0.25, 0.3) is 0 Å². The van der Waals surface area contributed by atoms with Crippen LogP contribution >= 0.6 is 0 Å². The number of nitrogens with zero attached hydrogens (tertiary/aromatic N) is 1. The molecule has 0 saturated carbocycles. The number of hydrogen-bond donors (Lipinski definition) is 2. The van der Waals surface area contributed by atoms with Crippen LogP contribution in [0.5, 0.6) is 0 Å². The number of aliphatic carboxylic acids is 1. The van der Waals surface area contributed by atoms with Gasteiger partial charge in [0.1, 0.15) is 0 Å². The summed E-state index contributed by atoms with van der Waals surface area (Å²) in [7, 11) is 0. The molecule has 0 aromatic rings. The van der Waals surface area contributed by atoms with Gasteiger partial charge in [0.05, 0.1) is 0 Å². The molecule has 8 heteroatoms. The highest BCUT2D eigenvalue weighted by molar-refractivity contribution is 5.93. The predicted molar refractivity (Wildman–Crippen MR) is 47.1 cm³/mol. The van der Waals surface area contributed by atoms with Crippen molar-refractivity contribution in [2.75, 3.05) is 13.1 Å². The standard InChI is InChI=1S/C6H8N2O.C2HF3O2/c1-2-6(9)8-3-5(7)4-8;3-2(4,5)1(6)7/h1,5H,3-4,7H2;(H,6,7). The third-order valence-corrected chi connectivity index (χ3v) is 1.56. The molecule has 5 nitrogen and oxygen atoms in total. The molecule has 16 heavy (non-hydrogen) atoms. The van der Waals surface area contributed by atoms with Gasteiger partial charge in [0.25, 0.3) is 5.91 Å². The Morgan fingerprint density at radius 3 is 2.00 bits per heavy atom. The Balaban J connectivity index is 0.000000293. The topological polar surface area (TPSA) is 83.6 Å². The van der Waals surface area contributed by atoms with Crippen molar-refractivity contribution in [3.8, 4) is 12.3 Å². The molecule has 0 radical (unpaired) electrons. The van der Waals surface area contributed by atoms with E-state index in [1.807, 2.05) is 5.92 Å². The van der Waals surface area contributed by atoms with E-state index >= 15 is 0 Å². The summed E-state index contributed by atoms with van der Waals surface area (Å²) in [4.78, 5) is 21.0. The van der Waals surface area contributed by atoms with Crippen LogP contribution in [-0.4, -0.2) is 47.2 Å². The van der Waals surface area contributed by atoms with E-state index in [0.717, 1.165) is 0 Å². The van der Waals surface area contributed by atoms with Crippen LogP contribution in [0.4, 0.5) is 13.2 Å². The zero-order valence-corrected chi connectivity index (χ0v) is 7.99. The number of rotatable bonds is 0. The number of halogens is 3. The van der Waals surface area contributed by atoms with Gasteiger partial charge in [-0.2, -0.15) is 13.2 Å². The zero-order valence-electron chi connectivity index (χ0n) is 7.99. The second-order valence-corrected chi connectivity index (χ2v) is 2.92. The van der Waals surface area contributed by atoms with E-state index in [9.17, 15) is 18.0 Å². The summed E-state index contributed by atoms with van der Waals surface area (Å²) in [6.45, 7) is 1.23. The van der Waals surface area contributed by atoms with Gasteiger partial charge in [-0.1, -0.05) is 0 Å². The molecular formula is C8H9F3N2O3. The molecule has 1 rings (SSSR count). The lowest BCUT2D eigenvalue weighted by atomic mass is 10.1. The zero-order chi connectivity index (χ0) is 12.9. The predicted octanol–water partition coefficient (Wildman–Crippen LogP) is -0.578. The summed E-state index contributed by atoms with van der Waals surface area (Å²) in [6, 6.07) is 0.141. The number of amides is 1. The SMILES string of the molecule is C#CC(=O)N1CC(N)C1.O=C(O)C(F)(F)F. The van der Waals surface area contributed by atoms with Crippen LogP contribution in [0.2, 0.25) is 0 Å². The van der Waals surface area contributed by atoms with Gasteiger partial charge in [-0.05, 0) is 5.92 Å². The molecule has 1 aliphatic heterocycles. The van der Waals surface area contributed by atoms with E-state index in [4.69, 9.17) is 22.1 Å². The molecule has 0 atom stereocenters. The molecule has 1 fully saturated rings. The molecule has 1 aliphatic rings. The number of alkyl halides is 3. The van der Waals surface area contributed by atoms with Crippen LogP contribution in [0.1, 0.15) is 0 Å². The Bertz CT molecular complexity index is 315. The summed E-state index contributed by atoms with van der Waals surface area (Å²) in [6.07, 6.45) is -0.238. The van der Waals surface area contributed by atoms with Gasteiger partial charge in [-0.3, -0.25) is 4.79 Å². The highest BCUT2D eigenvalue weighted by Gasteiger charge is 2.38. The van der Waals surface area contributed by atoms with E-state index in [-0.39, 0.29) is 11.9 Å². The summed E-state index contributed by atoms with van der Waals surface area (Å²) >= 11 is 0. The van der Waals surface area contributed by atoms with Crippen molar-refractivity contribution in [2.24, 2.45) is 5.73 Å². The monoisotopic (exact) mass is 238 g/mol. The number of terminal acetylenes is 1. The summed E-state index contributed by atoms with van der Waals surface area (Å²) in [5, 5.41) is 7.12. The van der Waals surface area contributed by atoms with Crippen molar-refractivity contribution in [1.82, 2.24) is 4.90 Å². The highest BCUT2D eigenvalue weighted by Crippen LogP contribution is 2.13. The minimum atomic E-state index is -5.08. The smallest absolute Gasteiger partial charge is 0.475 e. The van der Waals surface area contributed by atoms with Crippen LogP contribution in [0.3, 0.4) is 0 Å². The first-order valence-electron chi connectivity index (χ1n) is 3.99. The van der Waals surface area contributed by atoms with Crippen molar-refractivity contribution in [3.63, 3.8) is 0 Å². The van der Waals surface area contributed by atoms with Crippen molar-refractivity contribution in [3.05, 3.63) is 0 Å². The van der Waals surface area contributed by atoms with Gasteiger partial charge in [-0.25, -0.2) is 4.79 Å². The summed E-state index contributed by atoms with van der Waals surface area (Å²) < 4.78 is 31.7. The first-order valence-corrected chi connectivity index (χ1v) is 3.99. The van der Waals surface area contributed by atoms with Gasteiger partial charge >= 0.3 is 12.1 Å². The number of carboxylic acid groups (broad SMARTS) is 1. The lowest BCUT2D eigenvalue weighted by molar-refractivity contribution is -0.192. The maximum Gasteiger partial charge on any atom is 0.490 e. The van der Waals surface area contributed by atoms with Crippen LogP contribution in [0, 0.1) is 12.3 Å². The number of likely N-dealkylation sites (tertiary alicyclic amines) is 1. The molecule has 1 amide bonds. The molecule has 1 heterocycles. The fourth-order valence-electron chi connectivity index (χ4n) is 0.770. The fourth-order valence-corrected chi connectivity index (χ4v) is 0.770. The van der Waals surface area contributed by atoms with Gasteiger partial charge in [0.15, 0.2) is 0 Å². The molecule has 3 N–H and O–H groups in total. The Morgan fingerprint density at radius 1 is 1.44 bits per heavy atom. The Kier molecular flexibility index (Phi) is 4.78. The number of nitrogens with two attached hydrogens (primary N) is 1.